The van der Waals surface area contributed by atoms with Crippen molar-refractivity contribution in [1.82, 2.24) is 4.98 Å². The molecular formula is C15H17ClN2O3. The van der Waals surface area contributed by atoms with E-state index in [1.165, 1.54) is 13.0 Å². The lowest BCUT2D eigenvalue weighted by Gasteiger charge is -2.20. The number of rotatable bonds is 4. The molecular weight excluding hydrogens is 292 g/mol. The van der Waals surface area contributed by atoms with E-state index in [-0.39, 0.29) is 19.0 Å². The minimum atomic E-state index is -1.03. The molecule has 2 aromatic rings. The number of hydrogen-bond donors (Lipinski definition) is 2. The normalized spacial score (nSPS) is 9.81. The molecule has 2 rings (SSSR count). The first kappa shape index (κ1) is 16.8. The maximum atomic E-state index is 11.7. The Bertz CT molecular complexity index is 635. The molecule has 0 unspecified atom stereocenters. The average Bonchev–Trinajstić information content (AvgIpc) is 2.86. The zero-order valence-corrected chi connectivity index (χ0v) is 11.5. The SMILES string of the molecule is C.CC(=O)N(Cc1c[nH]c(C(=O)O)c1)c1ccc(Cl)cc1. The summed E-state index contributed by atoms with van der Waals surface area (Å²) in [6, 6.07) is 8.40. The Morgan fingerprint density at radius 1 is 1.29 bits per heavy atom. The monoisotopic (exact) mass is 308 g/mol. The number of hydrogen-bond acceptors (Lipinski definition) is 2. The summed E-state index contributed by atoms with van der Waals surface area (Å²) in [6.45, 7) is 1.75. The molecule has 112 valence electrons. The van der Waals surface area contributed by atoms with E-state index in [9.17, 15) is 9.59 Å². The molecule has 0 spiro atoms. The molecule has 0 aliphatic heterocycles. The molecule has 0 bridgehead atoms. The van der Waals surface area contributed by atoms with Crippen molar-refractivity contribution < 1.29 is 14.7 Å². The van der Waals surface area contributed by atoms with E-state index in [1.807, 2.05) is 0 Å². The van der Waals surface area contributed by atoms with E-state index in [4.69, 9.17) is 16.7 Å². The Kier molecular flexibility index (Phi) is 5.55. The summed E-state index contributed by atoms with van der Waals surface area (Å²) in [5, 5.41) is 9.45. The first-order valence-electron chi connectivity index (χ1n) is 5.91. The number of amides is 1. The summed E-state index contributed by atoms with van der Waals surface area (Å²) in [7, 11) is 0. The lowest BCUT2D eigenvalue weighted by Crippen LogP contribution is -2.27. The standard InChI is InChI=1S/C14H13ClN2O3.CH4/c1-9(18)17(12-4-2-11(15)3-5-12)8-10-6-13(14(19)20)16-7-10;/h2-7,16H,8H2,1H3,(H,19,20);1H4. The zero-order valence-electron chi connectivity index (χ0n) is 10.8. The van der Waals surface area contributed by atoms with Crippen molar-refractivity contribution in [2.45, 2.75) is 20.9 Å². The van der Waals surface area contributed by atoms with Crippen molar-refractivity contribution in [3.63, 3.8) is 0 Å². The van der Waals surface area contributed by atoms with Crippen LogP contribution in [0.2, 0.25) is 5.02 Å². The summed E-state index contributed by atoms with van der Waals surface area (Å²) in [6.07, 6.45) is 1.58. The van der Waals surface area contributed by atoms with Gasteiger partial charge in [-0.3, -0.25) is 4.79 Å². The maximum absolute atomic E-state index is 11.7. The van der Waals surface area contributed by atoms with Crippen LogP contribution < -0.4 is 4.90 Å². The quantitative estimate of drug-likeness (QED) is 0.907. The smallest absolute Gasteiger partial charge is 0.352 e. The number of carboxylic acids is 1. The number of anilines is 1. The second-order valence-corrected chi connectivity index (χ2v) is 4.74. The third-order valence-corrected chi connectivity index (χ3v) is 3.08. The van der Waals surface area contributed by atoms with Crippen molar-refractivity contribution in [2.75, 3.05) is 4.90 Å². The van der Waals surface area contributed by atoms with E-state index in [0.29, 0.717) is 22.8 Å². The van der Waals surface area contributed by atoms with Crippen LogP contribution in [0.25, 0.3) is 0 Å². The van der Waals surface area contributed by atoms with Gasteiger partial charge in [-0.2, -0.15) is 0 Å². The number of aromatic carboxylic acids is 1. The summed E-state index contributed by atoms with van der Waals surface area (Å²) in [5.41, 5.74) is 1.52. The van der Waals surface area contributed by atoms with Crippen LogP contribution in [0.4, 0.5) is 5.69 Å². The molecule has 5 nitrogen and oxygen atoms in total. The molecule has 0 saturated carbocycles. The molecule has 21 heavy (non-hydrogen) atoms. The van der Waals surface area contributed by atoms with E-state index in [0.717, 1.165) is 0 Å². The Morgan fingerprint density at radius 3 is 2.38 bits per heavy atom. The molecule has 6 heteroatoms. The van der Waals surface area contributed by atoms with Gasteiger partial charge >= 0.3 is 5.97 Å². The number of carbonyl (C=O) groups excluding carboxylic acids is 1. The van der Waals surface area contributed by atoms with Gasteiger partial charge in [0.05, 0.1) is 6.54 Å². The zero-order chi connectivity index (χ0) is 14.7. The fraction of sp³-hybridized carbons (Fsp3) is 0.200. The highest BCUT2D eigenvalue weighted by molar-refractivity contribution is 6.30. The lowest BCUT2D eigenvalue weighted by molar-refractivity contribution is -0.116. The van der Waals surface area contributed by atoms with Crippen LogP contribution in [0, 0.1) is 0 Å². The van der Waals surface area contributed by atoms with Gasteiger partial charge < -0.3 is 15.0 Å². The first-order chi connectivity index (χ1) is 9.47. The van der Waals surface area contributed by atoms with Gasteiger partial charge in [0, 0.05) is 23.8 Å². The van der Waals surface area contributed by atoms with Gasteiger partial charge in [0.15, 0.2) is 0 Å². The van der Waals surface area contributed by atoms with Crippen molar-refractivity contribution in [3.8, 4) is 0 Å². The van der Waals surface area contributed by atoms with E-state index in [1.54, 1.807) is 35.4 Å². The Hall–Kier alpha value is -2.27. The van der Waals surface area contributed by atoms with Gasteiger partial charge in [-0.25, -0.2) is 4.79 Å². The van der Waals surface area contributed by atoms with Crippen LogP contribution in [0.15, 0.2) is 36.5 Å². The Labute approximate surface area is 128 Å². The summed E-state index contributed by atoms with van der Waals surface area (Å²) in [5.74, 6) is -1.16. The predicted molar refractivity (Wildman–Crippen MR) is 82.8 cm³/mol. The highest BCUT2D eigenvalue weighted by atomic mass is 35.5. The van der Waals surface area contributed by atoms with Crippen LogP contribution >= 0.6 is 11.6 Å². The molecule has 0 aliphatic carbocycles. The van der Waals surface area contributed by atoms with Crippen molar-refractivity contribution in [2.24, 2.45) is 0 Å². The van der Waals surface area contributed by atoms with Crippen molar-refractivity contribution in [1.29, 1.82) is 0 Å². The molecule has 1 heterocycles. The highest BCUT2D eigenvalue weighted by Gasteiger charge is 2.14. The molecule has 0 atom stereocenters. The minimum Gasteiger partial charge on any atom is -0.477 e. The van der Waals surface area contributed by atoms with E-state index < -0.39 is 5.97 Å². The maximum Gasteiger partial charge on any atom is 0.352 e. The second kappa shape index (κ2) is 6.95. The summed E-state index contributed by atoms with van der Waals surface area (Å²) < 4.78 is 0. The van der Waals surface area contributed by atoms with Crippen LogP contribution in [-0.2, 0) is 11.3 Å². The van der Waals surface area contributed by atoms with Crippen LogP contribution in [-0.4, -0.2) is 22.0 Å². The fourth-order valence-corrected chi connectivity index (χ4v) is 1.97. The topological polar surface area (TPSA) is 73.4 Å². The Morgan fingerprint density at radius 2 is 1.90 bits per heavy atom. The van der Waals surface area contributed by atoms with Crippen LogP contribution in [0.5, 0.6) is 0 Å². The van der Waals surface area contributed by atoms with Gasteiger partial charge in [0.1, 0.15) is 5.69 Å². The number of nitrogens with zero attached hydrogens (tertiary/aromatic N) is 1. The van der Waals surface area contributed by atoms with Gasteiger partial charge in [0.2, 0.25) is 5.91 Å². The number of halogens is 1. The molecule has 1 aromatic carbocycles. The number of benzene rings is 1. The van der Waals surface area contributed by atoms with Gasteiger partial charge in [-0.1, -0.05) is 19.0 Å². The molecule has 0 radical (unpaired) electrons. The lowest BCUT2D eigenvalue weighted by atomic mass is 10.2. The highest BCUT2D eigenvalue weighted by Crippen LogP contribution is 2.20. The molecule has 2 N–H and O–H groups in total. The number of aromatic amines is 1. The largest absolute Gasteiger partial charge is 0.477 e. The van der Waals surface area contributed by atoms with Crippen molar-refractivity contribution >= 4 is 29.2 Å². The third kappa shape index (κ3) is 4.10. The third-order valence-electron chi connectivity index (χ3n) is 2.83. The molecule has 1 aromatic heterocycles. The number of nitrogens with one attached hydrogen (secondary N) is 1. The minimum absolute atomic E-state index is 0. The molecule has 1 amide bonds. The van der Waals surface area contributed by atoms with E-state index in [2.05, 4.69) is 4.98 Å². The summed E-state index contributed by atoms with van der Waals surface area (Å²) in [4.78, 5) is 26.8. The molecule has 0 fully saturated rings. The summed E-state index contributed by atoms with van der Waals surface area (Å²) >= 11 is 5.82. The average molecular weight is 309 g/mol. The first-order valence-corrected chi connectivity index (χ1v) is 6.29. The van der Waals surface area contributed by atoms with E-state index >= 15 is 0 Å². The Balaban J connectivity index is 0.00000220. The fourth-order valence-electron chi connectivity index (χ4n) is 1.84. The van der Waals surface area contributed by atoms with Gasteiger partial charge in [-0.15, -0.1) is 0 Å². The van der Waals surface area contributed by atoms with Crippen LogP contribution in [0.1, 0.15) is 30.4 Å². The van der Waals surface area contributed by atoms with Gasteiger partial charge in [-0.05, 0) is 35.9 Å². The number of aromatic nitrogens is 1. The predicted octanol–water partition coefficient (Wildman–Crippen LogP) is 3.56. The number of carbonyl (C=O) groups is 2. The number of H-pyrrole nitrogens is 1. The van der Waals surface area contributed by atoms with Crippen LogP contribution in [0.3, 0.4) is 0 Å². The van der Waals surface area contributed by atoms with Gasteiger partial charge in [0.25, 0.3) is 0 Å². The van der Waals surface area contributed by atoms with Crippen molar-refractivity contribution in [3.05, 3.63) is 52.8 Å². The molecule has 0 saturated heterocycles. The second-order valence-electron chi connectivity index (χ2n) is 4.31. The molecule has 0 aliphatic rings. The number of carboxylic acid groups (broad SMARTS) is 1.